The van der Waals surface area contributed by atoms with Crippen LogP contribution in [0.15, 0.2) is 18.2 Å². The van der Waals surface area contributed by atoms with Gasteiger partial charge in [-0.05, 0) is 37.1 Å². The number of nitrogens with two attached hydrogens (primary N) is 1. The molecule has 0 aromatic heterocycles. The lowest BCUT2D eigenvalue weighted by Crippen LogP contribution is -2.34. The molecule has 1 aromatic carbocycles. The number of rotatable bonds is 4. The fourth-order valence-electron chi connectivity index (χ4n) is 1.40. The maximum Gasteiger partial charge on any atom is 0.335 e. The van der Waals surface area contributed by atoms with Gasteiger partial charge in [-0.15, -0.1) is 0 Å². The molecule has 0 aliphatic rings. The Morgan fingerprint density at radius 2 is 2.12 bits per heavy atom. The van der Waals surface area contributed by atoms with Crippen LogP contribution in [-0.4, -0.2) is 23.0 Å². The minimum absolute atomic E-state index is 0.225. The number of carbonyl (C=O) groups is 2. The van der Waals surface area contributed by atoms with Gasteiger partial charge in [0.15, 0.2) is 0 Å². The molecule has 1 aromatic rings. The Morgan fingerprint density at radius 3 is 2.59 bits per heavy atom. The molecule has 0 heterocycles. The van der Waals surface area contributed by atoms with Crippen LogP contribution in [0.5, 0.6) is 0 Å². The van der Waals surface area contributed by atoms with Crippen LogP contribution in [0.4, 0.5) is 5.69 Å². The molecular formula is C12H16N2O3. The van der Waals surface area contributed by atoms with Crippen molar-refractivity contribution in [1.82, 2.24) is 0 Å². The van der Waals surface area contributed by atoms with Gasteiger partial charge in [-0.3, -0.25) is 4.79 Å². The lowest BCUT2D eigenvalue weighted by Gasteiger charge is -2.11. The van der Waals surface area contributed by atoms with Gasteiger partial charge in [0, 0.05) is 5.69 Å². The van der Waals surface area contributed by atoms with Crippen molar-refractivity contribution in [2.24, 2.45) is 5.73 Å². The first kappa shape index (κ1) is 13.2. The van der Waals surface area contributed by atoms with E-state index in [4.69, 9.17) is 10.8 Å². The van der Waals surface area contributed by atoms with Gasteiger partial charge < -0.3 is 16.2 Å². The second-order valence-corrected chi connectivity index (χ2v) is 3.84. The molecule has 0 unspecified atom stereocenters. The highest BCUT2D eigenvalue weighted by molar-refractivity contribution is 5.96. The Morgan fingerprint density at radius 1 is 1.47 bits per heavy atom. The summed E-state index contributed by atoms with van der Waals surface area (Å²) >= 11 is 0. The van der Waals surface area contributed by atoms with E-state index in [-0.39, 0.29) is 11.5 Å². The number of carbonyl (C=O) groups excluding carboxylic acids is 1. The smallest absolute Gasteiger partial charge is 0.335 e. The average Bonchev–Trinajstić information content (AvgIpc) is 2.27. The van der Waals surface area contributed by atoms with Crippen molar-refractivity contribution < 1.29 is 14.7 Å². The zero-order chi connectivity index (χ0) is 13.0. The second-order valence-electron chi connectivity index (χ2n) is 3.84. The molecule has 0 fully saturated rings. The van der Waals surface area contributed by atoms with Crippen molar-refractivity contribution in [3.63, 3.8) is 0 Å². The van der Waals surface area contributed by atoms with Crippen LogP contribution in [0.3, 0.4) is 0 Å². The highest BCUT2D eigenvalue weighted by atomic mass is 16.4. The summed E-state index contributed by atoms with van der Waals surface area (Å²) in [4.78, 5) is 22.3. The maximum atomic E-state index is 11.5. The van der Waals surface area contributed by atoms with Crippen molar-refractivity contribution in [1.29, 1.82) is 0 Å². The number of hydrogen-bond donors (Lipinski definition) is 3. The number of carboxylic acid groups (broad SMARTS) is 1. The van der Waals surface area contributed by atoms with E-state index in [1.54, 1.807) is 19.1 Å². The molecule has 0 aliphatic carbocycles. The minimum atomic E-state index is -0.981. The minimum Gasteiger partial charge on any atom is -0.478 e. The lowest BCUT2D eigenvalue weighted by atomic mass is 10.1. The molecule has 0 bridgehead atoms. The number of nitrogens with one attached hydrogen (secondary N) is 1. The van der Waals surface area contributed by atoms with Crippen LogP contribution in [-0.2, 0) is 4.79 Å². The zero-order valence-corrected chi connectivity index (χ0v) is 9.86. The first-order chi connectivity index (χ1) is 7.95. The van der Waals surface area contributed by atoms with E-state index in [1.807, 2.05) is 6.92 Å². The standard InChI is InChI=1S/C12H16N2O3/c1-3-10(13)11(15)14-8-4-5-9(12(16)17)7(2)6-8/h4-6,10H,3,13H2,1-2H3,(H,14,15)(H,16,17)/t10-/m0/s1. The van der Waals surface area contributed by atoms with Crippen molar-refractivity contribution in [3.8, 4) is 0 Å². The van der Waals surface area contributed by atoms with Gasteiger partial charge in [0.05, 0.1) is 11.6 Å². The van der Waals surface area contributed by atoms with E-state index in [0.29, 0.717) is 17.7 Å². The van der Waals surface area contributed by atoms with E-state index >= 15 is 0 Å². The third-order valence-electron chi connectivity index (χ3n) is 2.50. The molecule has 0 aliphatic heterocycles. The predicted octanol–water partition coefficient (Wildman–Crippen LogP) is 1.37. The number of amides is 1. The fourth-order valence-corrected chi connectivity index (χ4v) is 1.40. The molecule has 1 rings (SSSR count). The first-order valence-corrected chi connectivity index (χ1v) is 5.36. The van der Waals surface area contributed by atoms with E-state index in [9.17, 15) is 9.59 Å². The largest absolute Gasteiger partial charge is 0.478 e. The Balaban J connectivity index is 2.84. The molecule has 92 valence electrons. The molecule has 5 nitrogen and oxygen atoms in total. The summed E-state index contributed by atoms with van der Waals surface area (Å²) < 4.78 is 0. The Hall–Kier alpha value is -1.88. The second kappa shape index (κ2) is 5.45. The Kier molecular flexibility index (Phi) is 4.23. The molecule has 0 spiro atoms. The average molecular weight is 236 g/mol. The highest BCUT2D eigenvalue weighted by Gasteiger charge is 2.12. The van der Waals surface area contributed by atoms with Crippen molar-refractivity contribution in [2.45, 2.75) is 26.3 Å². The van der Waals surface area contributed by atoms with Crippen LogP contribution in [0.25, 0.3) is 0 Å². The zero-order valence-electron chi connectivity index (χ0n) is 9.86. The van der Waals surface area contributed by atoms with Crippen molar-refractivity contribution in [3.05, 3.63) is 29.3 Å². The molecular weight excluding hydrogens is 220 g/mol. The molecule has 0 saturated heterocycles. The van der Waals surface area contributed by atoms with Crippen molar-refractivity contribution in [2.75, 3.05) is 5.32 Å². The van der Waals surface area contributed by atoms with Crippen LogP contribution < -0.4 is 11.1 Å². The monoisotopic (exact) mass is 236 g/mol. The number of benzene rings is 1. The SMILES string of the molecule is CC[C@H](N)C(=O)Nc1ccc(C(=O)O)c(C)c1. The fraction of sp³-hybridized carbons (Fsp3) is 0.333. The summed E-state index contributed by atoms with van der Waals surface area (Å²) in [6.45, 7) is 3.50. The summed E-state index contributed by atoms with van der Waals surface area (Å²) in [6.07, 6.45) is 0.554. The first-order valence-electron chi connectivity index (χ1n) is 5.36. The molecule has 5 heteroatoms. The predicted molar refractivity (Wildman–Crippen MR) is 65.0 cm³/mol. The summed E-state index contributed by atoms with van der Waals surface area (Å²) in [6, 6.07) is 4.08. The van der Waals surface area contributed by atoms with E-state index < -0.39 is 12.0 Å². The Bertz CT molecular complexity index is 443. The van der Waals surface area contributed by atoms with E-state index in [2.05, 4.69) is 5.32 Å². The van der Waals surface area contributed by atoms with Crippen LogP contribution in [0, 0.1) is 6.92 Å². The number of aryl methyl sites for hydroxylation is 1. The molecule has 0 saturated carbocycles. The van der Waals surface area contributed by atoms with Gasteiger partial charge >= 0.3 is 5.97 Å². The van der Waals surface area contributed by atoms with Crippen LogP contribution in [0.1, 0.15) is 29.3 Å². The summed E-state index contributed by atoms with van der Waals surface area (Å²) in [5, 5.41) is 11.5. The van der Waals surface area contributed by atoms with Crippen LogP contribution in [0.2, 0.25) is 0 Å². The normalized spacial score (nSPS) is 11.9. The molecule has 17 heavy (non-hydrogen) atoms. The van der Waals surface area contributed by atoms with Crippen LogP contribution >= 0.6 is 0 Å². The molecule has 1 amide bonds. The third kappa shape index (κ3) is 3.29. The maximum absolute atomic E-state index is 11.5. The Labute approximate surface area is 99.6 Å². The number of hydrogen-bond acceptors (Lipinski definition) is 3. The molecule has 0 radical (unpaired) electrons. The molecule has 1 atom stereocenters. The summed E-state index contributed by atoms with van der Waals surface area (Å²) in [5.41, 5.74) is 6.95. The van der Waals surface area contributed by atoms with Gasteiger partial charge in [0.1, 0.15) is 0 Å². The third-order valence-corrected chi connectivity index (χ3v) is 2.50. The van der Waals surface area contributed by atoms with Crippen molar-refractivity contribution >= 4 is 17.6 Å². The quantitative estimate of drug-likeness (QED) is 0.736. The van der Waals surface area contributed by atoms with Gasteiger partial charge in [0.2, 0.25) is 5.91 Å². The summed E-state index contributed by atoms with van der Waals surface area (Å²) in [5.74, 6) is -1.25. The topological polar surface area (TPSA) is 92.4 Å². The van der Waals surface area contributed by atoms with Gasteiger partial charge in [-0.1, -0.05) is 6.92 Å². The number of carboxylic acids is 1. The number of anilines is 1. The van der Waals surface area contributed by atoms with Gasteiger partial charge in [0.25, 0.3) is 0 Å². The highest BCUT2D eigenvalue weighted by Crippen LogP contribution is 2.15. The van der Waals surface area contributed by atoms with E-state index in [0.717, 1.165) is 0 Å². The summed E-state index contributed by atoms with van der Waals surface area (Å²) in [7, 11) is 0. The van der Waals surface area contributed by atoms with Gasteiger partial charge in [-0.2, -0.15) is 0 Å². The number of aromatic carboxylic acids is 1. The van der Waals surface area contributed by atoms with E-state index in [1.165, 1.54) is 6.07 Å². The molecule has 4 N–H and O–H groups in total. The lowest BCUT2D eigenvalue weighted by molar-refractivity contribution is -0.117. The van der Waals surface area contributed by atoms with Gasteiger partial charge in [-0.25, -0.2) is 4.79 Å².